The average molecular weight is 437 g/mol. The van der Waals surface area contributed by atoms with E-state index in [-0.39, 0.29) is 0 Å². The first kappa shape index (κ1) is 19.5. The fourth-order valence-corrected chi connectivity index (χ4v) is 8.77. The summed E-state index contributed by atoms with van der Waals surface area (Å²) in [4.78, 5) is 0. The Kier molecular flexibility index (Phi) is 5.64. The second kappa shape index (κ2) is 8.37. The highest BCUT2D eigenvalue weighted by atomic mass is 32.1. The van der Waals surface area contributed by atoms with E-state index in [4.69, 9.17) is 0 Å². The summed E-state index contributed by atoms with van der Waals surface area (Å²) in [6.45, 7) is 4.48. The van der Waals surface area contributed by atoms with Crippen LogP contribution in [0.25, 0.3) is 39.0 Å². The molecule has 3 heterocycles. The minimum absolute atomic E-state index is 1.23. The SMILES string of the molecule is CCCCCCCCCc1ccc2c(c1)sc1c2sc2c3ccc(C)cc3sc21. The van der Waals surface area contributed by atoms with E-state index >= 15 is 0 Å². The molecule has 0 spiro atoms. The molecule has 0 aliphatic rings. The van der Waals surface area contributed by atoms with Crippen LogP contribution in [0.1, 0.15) is 63.0 Å². The van der Waals surface area contributed by atoms with Crippen molar-refractivity contribution < 1.29 is 0 Å². The monoisotopic (exact) mass is 436 g/mol. The van der Waals surface area contributed by atoms with Gasteiger partial charge in [0.05, 0.1) is 18.8 Å². The molecule has 0 saturated carbocycles. The fraction of sp³-hybridized carbons (Fsp3) is 0.385. The van der Waals surface area contributed by atoms with E-state index in [0.29, 0.717) is 0 Å². The summed E-state index contributed by atoms with van der Waals surface area (Å²) < 4.78 is 8.90. The fourth-order valence-electron chi connectivity index (χ4n) is 4.34. The molecule has 0 saturated heterocycles. The van der Waals surface area contributed by atoms with Gasteiger partial charge >= 0.3 is 0 Å². The summed E-state index contributed by atoms with van der Waals surface area (Å²) in [6, 6.07) is 14.1. The summed E-state index contributed by atoms with van der Waals surface area (Å²) in [5.41, 5.74) is 2.87. The highest BCUT2D eigenvalue weighted by Gasteiger charge is 2.16. The molecular formula is C26H28S3. The highest BCUT2D eigenvalue weighted by molar-refractivity contribution is 7.43. The van der Waals surface area contributed by atoms with Gasteiger partial charge in [-0.3, -0.25) is 0 Å². The molecule has 5 aromatic rings. The third kappa shape index (κ3) is 3.73. The summed E-state index contributed by atoms with van der Waals surface area (Å²) in [6.07, 6.45) is 10.9. The Balaban J connectivity index is 1.38. The molecule has 0 atom stereocenters. The highest BCUT2D eigenvalue weighted by Crippen LogP contribution is 2.50. The zero-order chi connectivity index (χ0) is 19.8. The van der Waals surface area contributed by atoms with E-state index in [1.54, 1.807) is 0 Å². The first-order valence-electron chi connectivity index (χ1n) is 11.0. The van der Waals surface area contributed by atoms with E-state index in [2.05, 4.69) is 50.2 Å². The second-order valence-corrected chi connectivity index (χ2v) is 11.4. The van der Waals surface area contributed by atoms with Crippen molar-refractivity contribution in [1.82, 2.24) is 0 Å². The summed E-state index contributed by atoms with van der Waals surface area (Å²) >= 11 is 5.98. The predicted octanol–water partition coefficient (Wildman–Crippen LogP) is 10.1. The molecular weight excluding hydrogens is 408 g/mol. The Labute approximate surface area is 185 Å². The van der Waals surface area contributed by atoms with Crippen LogP contribution in [0.5, 0.6) is 0 Å². The number of aryl methyl sites for hydroxylation is 2. The topological polar surface area (TPSA) is 0 Å². The third-order valence-corrected chi connectivity index (χ3v) is 9.97. The van der Waals surface area contributed by atoms with Crippen LogP contribution in [-0.2, 0) is 6.42 Å². The number of benzene rings is 2. The molecule has 0 aliphatic carbocycles. The van der Waals surface area contributed by atoms with Gasteiger partial charge in [0.2, 0.25) is 0 Å². The van der Waals surface area contributed by atoms with Crippen LogP contribution in [0.15, 0.2) is 36.4 Å². The molecule has 0 N–H and O–H groups in total. The molecule has 3 aromatic heterocycles. The Bertz CT molecular complexity index is 1280. The van der Waals surface area contributed by atoms with Crippen molar-refractivity contribution in [2.24, 2.45) is 0 Å². The normalized spacial score (nSPS) is 12.2. The van der Waals surface area contributed by atoms with Gasteiger partial charge in [-0.25, -0.2) is 0 Å². The van der Waals surface area contributed by atoms with Crippen molar-refractivity contribution in [1.29, 1.82) is 0 Å². The quantitative estimate of drug-likeness (QED) is 0.212. The zero-order valence-electron chi connectivity index (χ0n) is 17.3. The maximum absolute atomic E-state index is 2.47. The lowest BCUT2D eigenvalue weighted by atomic mass is 10.0. The second-order valence-electron chi connectivity index (χ2n) is 8.32. The summed E-state index contributed by atoms with van der Waals surface area (Å²) in [5, 5.41) is 2.90. The van der Waals surface area contributed by atoms with E-state index < -0.39 is 0 Å². The number of unbranched alkanes of at least 4 members (excludes halogenated alkanes) is 6. The molecule has 0 unspecified atom stereocenters. The Morgan fingerprint density at radius 2 is 1.24 bits per heavy atom. The van der Waals surface area contributed by atoms with E-state index in [1.165, 1.54) is 101 Å². The number of rotatable bonds is 8. The van der Waals surface area contributed by atoms with Crippen LogP contribution in [0.2, 0.25) is 0 Å². The van der Waals surface area contributed by atoms with Crippen molar-refractivity contribution in [3.63, 3.8) is 0 Å². The minimum Gasteiger partial charge on any atom is -0.133 e. The Morgan fingerprint density at radius 3 is 1.97 bits per heavy atom. The van der Waals surface area contributed by atoms with Gasteiger partial charge in [-0.2, -0.15) is 0 Å². The van der Waals surface area contributed by atoms with Crippen molar-refractivity contribution in [3.05, 3.63) is 47.5 Å². The molecule has 2 aromatic carbocycles. The maximum Gasteiger partial charge on any atom is 0.0642 e. The van der Waals surface area contributed by atoms with Gasteiger partial charge < -0.3 is 0 Å². The van der Waals surface area contributed by atoms with Gasteiger partial charge in [-0.15, -0.1) is 34.0 Å². The summed E-state index contributed by atoms with van der Waals surface area (Å²) in [7, 11) is 0. The Morgan fingerprint density at radius 1 is 0.621 bits per heavy atom. The standard InChI is InChI=1S/C26H28S3/c1-3-4-5-6-7-8-9-10-18-12-14-20-22(16-18)28-26-24(20)29-23-19-13-11-17(2)15-21(19)27-25(23)26/h11-16H,3-10H2,1-2H3. The van der Waals surface area contributed by atoms with Crippen molar-refractivity contribution in [2.45, 2.75) is 65.2 Å². The van der Waals surface area contributed by atoms with Crippen LogP contribution in [-0.4, -0.2) is 0 Å². The van der Waals surface area contributed by atoms with Crippen molar-refractivity contribution >= 4 is 73.0 Å². The zero-order valence-corrected chi connectivity index (χ0v) is 19.8. The first-order valence-corrected chi connectivity index (χ1v) is 13.5. The van der Waals surface area contributed by atoms with E-state index in [9.17, 15) is 0 Å². The summed E-state index contributed by atoms with van der Waals surface area (Å²) in [5.74, 6) is 0. The van der Waals surface area contributed by atoms with Gasteiger partial charge in [-0.1, -0.05) is 69.7 Å². The van der Waals surface area contributed by atoms with Crippen LogP contribution in [0, 0.1) is 6.92 Å². The van der Waals surface area contributed by atoms with Crippen LogP contribution in [0.4, 0.5) is 0 Å². The minimum atomic E-state index is 1.23. The van der Waals surface area contributed by atoms with Gasteiger partial charge in [0, 0.05) is 20.2 Å². The lowest BCUT2D eigenvalue weighted by Crippen LogP contribution is -1.86. The van der Waals surface area contributed by atoms with Crippen molar-refractivity contribution in [3.8, 4) is 0 Å². The lowest BCUT2D eigenvalue weighted by Gasteiger charge is -2.03. The maximum atomic E-state index is 2.47. The number of fused-ring (bicyclic) bond motifs is 7. The van der Waals surface area contributed by atoms with Crippen LogP contribution in [0.3, 0.4) is 0 Å². The lowest BCUT2D eigenvalue weighted by molar-refractivity contribution is 0.589. The Hall–Kier alpha value is -1.42. The molecule has 150 valence electrons. The number of hydrogen-bond donors (Lipinski definition) is 0. The molecule has 0 nitrogen and oxygen atoms in total. The van der Waals surface area contributed by atoms with Crippen LogP contribution >= 0.6 is 34.0 Å². The molecule has 29 heavy (non-hydrogen) atoms. The molecule has 0 bridgehead atoms. The average Bonchev–Trinajstić information content (AvgIpc) is 3.35. The van der Waals surface area contributed by atoms with Gasteiger partial charge in [0.15, 0.2) is 0 Å². The van der Waals surface area contributed by atoms with Crippen molar-refractivity contribution in [2.75, 3.05) is 0 Å². The molecule has 0 aliphatic heterocycles. The number of hydrogen-bond acceptors (Lipinski definition) is 3. The van der Waals surface area contributed by atoms with Gasteiger partial charge in [-0.05, 0) is 43.0 Å². The van der Waals surface area contributed by atoms with Crippen LogP contribution < -0.4 is 0 Å². The molecule has 0 radical (unpaired) electrons. The molecule has 0 fully saturated rings. The van der Waals surface area contributed by atoms with Gasteiger partial charge in [0.1, 0.15) is 0 Å². The third-order valence-electron chi connectivity index (χ3n) is 5.99. The van der Waals surface area contributed by atoms with Gasteiger partial charge in [0.25, 0.3) is 0 Å². The first-order chi connectivity index (χ1) is 14.2. The predicted molar refractivity (Wildman–Crippen MR) is 137 cm³/mol. The molecule has 0 amide bonds. The smallest absolute Gasteiger partial charge is 0.0642 e. The molecule has 5 rings (SSSR count). The largest absolute Gasteiger partial charge is 0.133 e. The van der Waals surface area contributed by atoms with E-state index in [0.717, 1.165) is 0 Å². The number of thiophene rings is 3. The molecule has 3 heteroatoms. The van der Waals surface area contributed by atoms with E-state index in [1.807, 2.05) is 34.0 Å².